The zero-order valence-electron chi connectivity index (χ0n) is 7.85. The predicted molar refractivity (Wildman–Crippen MR) is 43.0 cm³/mol. The number of Topliss-reactive ketones (excluding diaryl/α,β-unsaturated/α-hetero) is 1. The van der Waals surface area contributed by atoms with Crippen molar-refractivity contribution < 1.29 is 24.5 Å². The number of hydrogen-bond donors (Lipinski definition) is 2. The maximum absolute atomic E-state index is 11.3. The van der Waals surface area contributed by atoms with Crippen molar-refractivity contribution in [1.29, 1.82) is 0 Å². The lowest BCUT2D eigenvalue weighted by atomic mass is 9.88. The zero-order chi connectivity index (χ0) is 10.2. The highest BCUT2D eigenvalue weighted by molar-refractivity contribution is 5.91. The number of methoxy groups -OCH3 is 1. The highest BCUT2D eigenvalue weighted by Crippen LogP contribution is 2.26. The molecule has 5 heteroatoms. The van der Waals surface area contributed by atoms with Gasteiger partial charge in [0, 0.05) is 7.11 Å². The molecule has 76 valence electrons. The first kappa shape index (κ1) is 10.6. The molecule has 13 heavy (non-hydrogen) atoms. The van der Waals surface area contributed by atoms with Crippen LogP contribution in [0.1, 0.15) is 13.8 Å². The van der Waals surface area contributed by atoms with E-state index in [1.807, 2.05) is 0 Å². The molecular formula is C8H14O5. The highest BCUT2D eigenvalue weighted by atomic mass is 16.7. The minimum Gasteiger partial charge on any atom is -0.384 e. The van der Waals surface area contributed by atoms with Crippen molar-refractivity contribution in [3.63, 3.8) is 0 Å². The zero-order valence-corrected chi connectivity index (χ0v) is 7.85. The molecule has 0 aromatic rings. The minimum absolute atomic E-state index is 0.534. The smallest absolute Gasteiger partial charge is 0.195 e. The Kier molecular flexibility index (Phi) is 2.72. The Balaban J connectivity index is 2.88. The molecule has 1 saturated heterocycles. The van der Waals surface area contributed by atoms with Crippen molar-refractivity contribution >= 4 is 5.78 Å². The van der Waals surface area contributed by atoms with E-state index in [4.69, 9.17) is 9.47 Å². The summed E-state index contributed by atoms with van der Waals surface area (Å²) in [5, 5.41) is 19.1. The summed E-state index contributed by atoms with van der Waals surface area (Å²) in [7, 11) is 1.34. The third kappa shape index (κ3) is 1.60. The summed E-state index contributed by atoms with van der Waals surface area (Å²) in [5.41, 5.74) is -1.79. The molecule has 0 aliphatic carbocycles. The Morgan fingerprint density at radius 2 is 2.15 bits per heavy atom. The van der Waals surface area contributed by atoms with E-state index in [1.165, 1.54) is 21.0 Å². The van der Waals surface area contributed by atoms with E-state index >= 15 is 0 Å². The normalized spacial score (nSPS) is 46.5. The summed E-state index contributed by atoms with van der Waals surface area (Å²) in [6.45, 7) is 2.76. The van der Waals surface area contributed by atoms with E-state index in [0.29, 0.717) is 0 Å². The first-order valence-electron chi connectivity index (χ1n) is 4.04. The van der Waals surface area contributed by atoms with Crippen molar-refractivity contribution in [2.45, 2.75) is 37.9 Å². The van der Waals surface area contributed by atoms with Crippen molar-refractivity contribution in [2.75, 3.05) is 7.11 Å². The molecule has 0 aromatic heterocycles. The first-order valence-corrected chi connectivity index (χ1v) is 4.04. The quantitative estimate of drug-likeness (QED) is 0.558. The van der Waals surface area contributed by atoms with Gasteiger partial charge in [-0.1, -0.05) is 0 Å². The fourth-order valence-electron chi connectivity index (χ4n) is 1.34. The van der Waals surface area contributed by atoms with Crippen LogP contribution in [0.5, 0.6) is 0 Å². The Morgan fingerprint density at radius 1 is 1.62 bits per heavy atom. The fraction of sp³-hybridized carbons (Fsp3) is 0.875. The summed E-state index contributed by atoms with van der Waals surface area (Å²) in [6, 6.07) is 0. The van der Waals surface area contributed by atoms with Gasteiger partial charge in [-0.3, -0.25) is 4.79 Å². The second kappa shape index (κ2) is 3.34. The summed E-state index contributed by atoms with van der Waals surface area (Å²) >= 11 is 0. The van der Waals surface area contributed by atoms with Crippen LogP contribution < -0.4 is 0 Å². The van der Waals surface area contributed by atoms with Crippen LogP contribution in [0.25, 0.3) is 0 Å². The molecule has 0 radical (unpaired) electrons. The van der Waals surface area contributed by atoms with Crippen LogP contribution in [0, 0.1) is 0 Å². The average molecular weight is 190 g/mol. The molecule has 2 N–H and O–H groups in total. The molecular weight excluding hydrogens is 176 g/mol. The molecule has 5 nitrogen and oxygen atoms in total. The Hall–Kier alpha value is -0.490. The number of carbonyl (C=O) groups is 1. The lowest BCUT2D eigenvalue weighted by Crippen LogP contribution is -2.62. The van der Waals surface area contributed by atoms with E-state index in [-0.39, 0.29) is 0 Å². The average Bonchev–Trinajstić information content (AvgIpc) is 2.09. The van der Waals surface area contributed by atoms with Gasteiger partial charge in [0.25, 0.3) is 0 Å². The van der Waals surface area contributed by atoms with E-state index in [1.54, 1.807) is 0 Å². The van der Waals surface area contributed by atoms with Gasteiger partial charge < -0.3 is 19.7 Å². The van der Waals surface area contributed by atoms with Gasteiger partial charge in [-0.05, 0) is 13.8 Å². The van der Waals surface area contributed by atoms with Crippen molar-refractivity contribution in [1.82, 2.24) is 0 Å². The number of aliphatic hydroxyl groups is 2. The van der Waals surface area contributed by atoms with E-state index in [0.717, 1.165) is 0 Å². The summed E-state index contributed by atoms with van der Waals surface area (Å²) in [6.07, 6.45) is -3.06. The van der Waals surface area contributed by atoms with Crippen LogP contribution in [-0.4, -0.2) is 47.2 Å². The molecule has 0 bridgehead atoms. The SMILES string of the molecule is CO[C@@H]1O[C@@H](C)C(=O)[C@@](C)(O)[C@H]1O. The predicted octanol–water partition coefficient (Wildman–Crippen LogP) is -0.941. The molecule has 0 spiro atoms. The van der Waals surface area contributed by atoms with Crippen LogP contribution in [0.2, 0.25) is 0 Å². The van der Waals surface area contributed by atoms with Gasteiger partial charge in [0.05, 0.1) is 0 Å². The van der Waals surface area contributed by atoms with Crippen LogP contribution in [0.4, 0.5) is 0 Å². The molecule has 1 aliphatic rings. The van der Waals surface area contributed by atoms with Gasteiger partial charge in [-0.2, -0.15) is 0 Å². The third-order valence-electron chi connectivity index (χ3n) is 2.27. The second-order valence-electron chi connectivity index (χ2n) is 3.34. The third-order valence-corrected chi connectivity index (χ3v) is 2.27. The largest absolute Gasteiger partial charge is 0.384 e. The molecule has 0 unspecified atom stereocenters. The van der Waals surface area contributed by atoms with Gasteiger partial charge >= 0.3 is 0 Å². The Bertz CT molecular complexity index is 213. The van der Waals surface area contributed by atoms with E-state index < -0.39 is 29.9 Å². The molecule has 0 aromatic carbocycles. The molecule has 0 saturated carbocycles. The van der Waals surface area contributed by atoms with Crippen molar-refractivity contribution in [3.8, 4) is 0 Å². The maximum Gasteiger partial charge on any atom is 0.195 e. The topological polar surface area (TPSA) is 76.0 Å². The van der Waals surface area contributed by atoms with Gasteiger partial charge in [0.2, 0.25) is 0 Å². The summed E-state index contributed by atoms with van der Waals surface area (Å²) in [4.78, 5) is 11.3. The van der Waals surface area contributed by atoms with E-state index in [2.05, 4.69) is 0 Å². The monoisotopic (exact) mass is 190 g/mol. The van der Waals surface area contributed by atoms with Crippen LogP contribution in [0.15, 0.2) is 0 Å². The number of ketones is 1. The number of rotatable bonds is 1. The number of ether oxygens (including phenoxy) is 2. The van der Waals surface area contributed by atoms with Crippen molar-refractivity contribution in [3.05, 3.63) is 0 Å². The molecule has 1 rings (SSSR count). The first-order chi connectivity index (χ1) is 5.91. The Labute approximate surface area is 76.3 Å². The number of aliphatic hydroxyl groups excluding tert-OH is 1. The minimum atomic E-state index is -1.79. The lowest BCUT2D eigenvalue weighted by Gasteiger charge is -2.39. The molecule has 1 fully saturated rings. The van der Waals surface area contributed by atoms with Gasteiger partial charge in [0.1, 0.15) is 12.2 Å². The Morgan fingerprint density at radius 3 is 2.62 bits per heavy atom. The van der Waals surface area contributed by atoms with Gasteiger partial charge in [-0.15, -0.1) is 0 Å². The number of carbonyl (C=O) groups excluding carboxylic acids is 1. The van der Waals surface area contributed by atoms with Crippen LogP contribution >= 0.6 is 0 Å². The summed E-state index contributed by atoms with van der Waals surface area (Å²) in [5.74, 6) is -0.534. The second-order valence-corrected chi connectivity index (χ2v) is 3.34. The molecule has 4 atom stereocenters. The standard InChI is InChI=1S/C8H14O5/c1-4-5(9)8(2,11)6(10)7(12-3)13-4/h4,6-7,10-11H,1-3H3/t4-,6-,7+,8+/m0/s1. The van der Waals surface area contributed by atoms with Gasteiger partial charge in [0.15, 0.2) is 17.7 Å². The molecule has 1 heterocycles. The van der Waals surface area contributed by atoms with Crippen molar-refractivity contribution in [2.24, 2.45) is 0 Å². The number of hydrogen-bond acceptors (Lipinski definition) is 5. The lowest BCUT2D eigenvalue weighted by molar-refractivity contribution is -0.262. The van der Waals surface area contributed by atoms with Crippen LogP contribution in [0.3, 0.4) is 0 Å². The maximum atomic E-state index is 11.3. The molecule has 0 amide bonds. The van der Waals surface area contributed by atoms with E-state index in [9.17, 15) is 15.0 Å². The fourth-order valence-corrected chi connectivity index (χ4v) is 1.34. The van der Waals surface area contributed by atoms with Gasteiger partial charge in [-0.25, -0.2) is 0 Å². The highest BCUT2D eigenvalue weighted by Gasteiger charge is 2.50. The van der Waals surface area contributed by atoms with Crippen LogP contribution in [-0.2, 0) is 14.3 Å². The molecule has 1 aliphatic heterocycles. The summed E-state index contributed by atoms with van der Waals surface area (Å²) < 4.78 is 9.79.